The number of hydrogen-bond donors (Lipinski definition) is 1. The molecule has 0 radical (unpaired) electrons. The van der Waals surface area contributed by atoms with Gasteiger partial charge in [0, 0.05) is 30.6 Å². The molecule has 3 heterocycles. The van der Waals surface area contributed by atoms with Crippen LogP contribution in [0.2, 0.25) is 0 Å². The first-order chi connectivity index (χ1) is 16.1. The lowest BCUT2D eigenvalue weighted by atomic mass is 10.1. The maximum atomic E-state index is 14.0. The molecule has 5 rings (SSSR count). The van der Waals surface area contributed by atoms with Crippen LogP contribution in [0.4, 0.5) is 10.1 Å². The number of anilines is 1. The quantitative estimate of drug-likeness (QED) is 0.620. The third-order valence-electron chi connectivity index (χ3n) is 6.37. The number of pyridine rings is 1. The van der Waals surface area contributed by atoms with Gasteiger partial charge in [-0.3, -0.25) is 14.6 Å². The van der Waals surface area contributed by atoms with Gasteiger partial charge in [0.05, 0.1) is 36.7 Å². The standard InChI is InChI=1S/C26H29FN4O2/c27-21-7-8-23-22(15-21)25(29-26(32)18-30-9-1-2-10-30)16-24(28-23)20-5-3-19(4-6-20)17-31-11-13-33-14-12-31/h3-8,15-16H,1-2,9-14,17-18H2,(H,28,29,32). The Morgan fingerprint density at radius 2 is 1.73 bits per heavy atom. The van der Waals surface area contributed by atoms with Gasteiger partial charge in [0.1, 0.15) is 5.82 Å². The van der Waals surface area contributed by atoms with Crippen molar-refractivity contribution in [2.24, 2.45) is 0 Å². The Balaban J connectivity index is 1.39. The highest BCUT2D eigenvalue weighted by molar-refractivity contribution is 6.02. The fraction of sp³-hybridized carbons (Fsp3) is 0.385. The van der Waals surface area contributed by atoms with Crippen LogP contribution in [0.5, 0.6) is 0 Å². The molecule has 2 aromatic carbocycles. The Morgan fingerprint density at radius 3 is 2.48 bits per heavy atom. The normalized spacial score (nSPS) is 17.5. The summed E-state index contributed by atoms with van der Waals surface area (Å²) in [7, 11) is 0. The van der Waals surface area contributed by atoms with Gasteiger partial charge in [-0.05, 0) is 55.8 Å². The van der Waals surface area contributed by atoms with Gasteiger partial charge in [0.2, 0.25) is 5.91 Å². The van der Waals surface area contributed by atoms with Crippen LogP contribution in [0.1, 0.15) is 18.4 Å². The number of likely N-dealkylation sites (tertiary alicyclic amines) is 1. The van der Waals surface area contributed by atoms with E-state index in [1.807, 2.05) is 6.07 Å². The molecule has 0 saturated carbocycles. The average molecular weight is 449 g/mol. The molecule has 2 saturated heterocycles. The van der Waals surface area contributed by atoms with E-state index in [1.54, 1.807) is 6.07 Å². The van der Waals surface area contributed by atoms with Crippen molar-refractivity contribution in [2.75, 3.05) is 51.3 Å². The molecule has 0 atom stereocenters. The van der Waals surface area contributed by atoms with Crippen molar-refractivity contribution < 1.29 is 13.9 Å². The van der Waals surface area contributed by atoms with E-state index >= 15 is 0 Å². The summed E-state index contributed by atoms with van der Waals surface area (Å²) in [5, 5.41) is 3.62. The third kappa shape index (κ3) is 5.38. The Bertz CT molecular complexity index is 1120. The summed E-state index contributed by atoms with van der Waals surface area (Å²) in [6.07, 6.45) is 2.25. The number of ether oxygens (including phenoxy) is 1. The van der Waals surface area contributed by atoms with E-state index in [0.717, 1.165) is 70.0 Å². The molecular weight excluding hydrogens is 419 g/mol. The highest BCUT2D eigenvalue weighted by Crippen LogP contribution is 2.29. The summed E-state index contributed by atoms with van der Waals surface area (Å²) in [6.45, 7) is 6.60. The van der Waals surface area contributed by atoms with E-state index in [1.165, 1.54) is 17.7 Å². The van der Waals surface area contributed by atoms with E-state index in [2.05, 4.69) is 39.4 Å². The number of halogens is 1. The largest absolute Gasteiger partial charge is 0.379 e. The average Bonchev–Trinajstić information content (AvgIpc) is 3.33. The number of fused-ring (bicyclic) bond motifs is 1. The molecule has 0 spiro atoms. The van der Waals surface area contributed by atoms with Crippen molar-refractivity contribution in [3.63, 3.8) is 0 Å². The lowest BCUT2D eigenvalue weighted by Gasteiger charge is -2.26. The first-order valence-corrected chi connectivity index (χ1v) is 11.7. The maximum absolute atomic E-state index is 14.0. The molecule has 6 nitrogen and oxygen atoms in total. The highest BCUT2D eigenvalue weighted by Gasteiger charge is 2.17. The van der Waals surface area contributed by atoms with E-state index in [0.29, 0.717) is 23.1 Å². The predicted octanol–water partition coefficient (Wildman–Crippen LogP) is 3.91. The summed E-state index contributed by atoms with van der Waals surface area (Å²) in [5.74, 6) is -0.431. The summed E-state index contributed by atoms with van der Waals surface area (Å²) in [5.41, 5.74) is 4.20. The van der Waals surface area contributed by atoms with E-state index in [9.17, 15) is 9.18 Å². The number of carbonyl (C=O) groups excluding carboxylic acids is 1. The van der Waals surface area contributed by atoms with Crippen LogP contribution in [-0.2, 0) is 16.1 Å². The number of aromatic nitrogens is 1. The molecule has 2 fully saturated rings. The Hall–Kier alpha value is -2.87. The molecule has 0 aliphatic carbocycles. The summed E-state index contributed by atoms with van der Waals surface area (Å²) < 4.78 is 19.4. The molecule has 33 heavy (non-hydrogen) atoms. The van der Waals surface area contributed by atoms with Crippen LogP contribution in [0.15, 0.2) is 48.5 Å². The van der Waals surface area contributed by atoms with Gasteiger partial charge in [0.15, 0.2) is 0 Å². The minimum absolute atomic E-state index is 0.0829. The molecule has 172 valence electrons. The van der Waals surface area contributed by atoms with Crippen molar-refractivity contribution in [3.8, 4) is 11.3 Å². The number of carbonyl (C=O) groups is 1. The van der Waals surface area contributed by atoms with Crippen molar-refractivity contribution >= 4 is 22.5 Å². The summed E-state index contributed by atoms with van der Waals surface area (Å²) in [4.78, 5) is 22.0. The fourth-order valence-electron chi connectivity index (χ4n) is 4.58. The van der Waals surface area contributed by atoms with Gasteiger partial charge in [-0.2, -0.15) is 0 Å². The number of benzene rings is 2. The zero-order valence-electron chi connectivity index (χ0n) is 18.7. The highest BCUT2D eigenvalue weighted by atomic mass is 19.1. The molecule has 2 aliphatic rings. The van der Waals surface area contributed by atoms with Gasteiger partial charge in [-0.1, -0.05) is 24.3 Å². The van der Waals surface area contributed by atoms with Crippen molar-refractivity contribution in [1.82, 2.24) is 14.8 Å². The number of nitrogens with one attached hydrogen (secondary N) is 1. The third-order valence-corrected chi connectivity index (χ3v) is 6.37. The predicted molar refractivity (Wildman–Crippen MR) is 128 cm³/mol. The van der Waals surface area contributed by atoms with E-state index in [4.69, 9.17) is 9.72 Å². The Labute approximate surface area is 193 Å². The topological polar surface area (TPSA) is 57.7 Å². The maximum Gasteiger partial charge on any atom is 0.238 e. The smallest absolute Gasteiger partial charge is 0.238 e. The van der Waals surface area contributed by atoms with Crippen LogP contribution in [0, 0.1) is 5.82 Å². The van der Waals surface area contributed by atoms with Crippen molar-refractivity contribution in [2.45, 2.75) is 19.4 Å². The fourth-order valence-corrected chi connectivity index (χ4v) is 4.58. The molecular formula is C26H29FN4O2. The van der Waals surface area contributed by atoms with Crippen LogP contribution < -0.4 is 5.32 Å². The lowest BCUT2D eigenvalue weighted by Crippen LogP contribution is -2.35. The van der Waals surface area contributed by atoms with Gasteiger partial charge < -0.3 is 10.1 Å². The van der Waals surface area contributed by atoms with Gasteiger partial charge in [-0.25, -0.2) is 9.37 Å². The summed E-state index contributed by atoms with van der Waals surface area (Å²) >= 11 is 0. The van der Waals surface area contributed by atoms with Crippen LogP contribution >= 0.6 is 0 Å². The number of morpholine rings is 1. The zero-order chi connectivity index (χ0) is 22.6. The van der Waals surface area contributed by atoms with Crippen molar-refractivity contribution in [1.29, 1.82) is 0 Å². The zero-order valence-corrected chi connectivity index (χ0v) is 18.7. The first-order valence-electron chi connectivity index (χ1n) is 11.7. The minimum Gasteiger partial charge on any atom is -0.379 e. The molecule has 0 bridgehead atoms. The molecule has 1 N–H and O–H groups in total. The molecule has 2 aliphatic heterocycles. The Morgan fingerprint density at radius 1 is 0.970 bits per heavy atom. The van der Waals surface area contributed by atoms with Gasteiger partial charge in [0.25, 0.3) is 0 Å². The van der Waals surface area contributed by atoms with Crippen LogP contribution in [0.3, 0.4) is 0 Å². The SMILES string of the molecule is O=C(CN1CCCC1)Nc1cc(-c2ccc(CN3CCOCC3)cc2)nc2ccc(F)cc12. The minimum atomic E-state index is -0.348. The second-order valence-electron chi connectivity index (χ2n) is 8.83. The molecule has 1 amide bonds. The second-order valence-corrected chi connectivity index (χ2v) is 8.83. The number of hydrogen-bond acceptors (Lipinski definition) is 5. The second kappa shape index (κ2) is 9.95. The molecule has 1 aromatic heterocycles. The van der Waals surface area contributed by atoms with Gasteiger partial charge in [-0.15, -0.1) is 0 Å². The van der Waals surface area contributed by atoms with Gasteiger partial charge >= 0.3 is 0 Å². The summed E-state index contributed by atoms with van der Waals surface area (Å²) in [6, 6.07) is 14.7. The molecule has 0 unspecified atom stereocenters. The van der Waals surface area contributed by atoms with E-state index < -0.39 is 0 Å². The van der Waals surface area contributed by atoms with E-state index in [-0.39, 0.29) is 11.7 Å². The van der Waals surface area contributed by atoms with Crippen LogP contribution in [0.25, 0.3) is 22.2 Å². The first kappa shape index (κ1) is 21.9. The number of nitrogens with zero attached hydrogens (tertiary/aromatic N) is 3. The number of rotatable bonds is 6. The lowest BCUT2D eigenvalue weighted by molar-refractivity contribution is -0.117. The number of amides is 1. The Kier molecular flexibility index (Phi) is 6.62. The van der Waals surface area contributed by atoms with Crippen molar-refractivity contribution in [3.05, 3.63) is 59.9 Å². The monoisotopic (exact) mass is 448 g/mol. The molecule has 3 aromatic rings. The molecule has 7 heteroatoms. The van der Waals surface area contributed by atoms with Crippen LogP contribution in [-0.4, -0.2) is 66.6 Å².